The van der Waals surface area contributed by atoms with Gasteiger partial charge in [0.05, 0.1) is 0 Å². The van der Waals surface area contributed by atoms with Gasteiger partial charge in [-0.05, 0) is 43.5 Å². The first kappa shape index (κ1) is 17.8. The molecule has 1 aromatic heterocycles. The Kier molecular flexibility index (Phi) is 6.23. The molecule has 6 heteroatoms. The Hall–Kier alpha value is -2.50. The Balaban J connectivity index is 1.98. The lowest BCUT2D eigenvalue weighted by Crippen LogP contribution is -2.30. The molecule has 1 amide bonds. The number of ether oxygens (including phenoxy) is 1. The molecule has 2 rings (SSSR count). The minimum Gasteiger partial charge on any atom is -0.467 e. The molecule has 0 aliphatic carbocycles. The molecule has 1 aromatic carbocycles. The standard InChI is InChI=1S/C18H22FN3O2/c1-12(2)8-9-20-16(23)11-24-17-10-13(3)21-18(22-17)14-4-6-15(19)7-5-14/h4-7,10,12H,8-9,11H2,1-3H3,(H,20,23). The van der Waals surface area contributed by atoms with E-state index in [2.05, 4.69) is 29.1 Å². The largest absolute Gasteiger partial charge is 0.467 e. The first-order valence-corrected chi connectivity index (χ1v) is 7.95. The van der Waals surface area contributed by atoms with E-state index >= 15 is 0 Å². The maximum atomic E-state index is 13.0. The van der Waals surface area contributed by atoms with Crippen LogP contribution in [0.5, 0.6) is 5.88 Å². The van der Waals surface area contributed by atoms with Crippen LogP contribution in [0.15, 0.2) is 30.3 Å². The molecule has 0 spiro atoms. The number of carbonyl (C=O) groups excluding carboxylic acids is 1. The fourth-order valence-corrected chi connectivity index (χ4v) is 2.03. The van der Waals surface area contributed by atoms with Crippen LogP contribution >= 0.6 is 0 Å². The third-order valence-electron chi connectivity index (χ3n) is 3.33. The predicted molar refractivity (Wildman–Crippen MR) is 90.1 cm³/mol. The molecule has 0 saturated heterocycles. The van der Waals surface area contributed by atoms with Gasteiger partial charge in [0.2, 0.25) is 5.88 Å². The van der Waals surface area contributed by atoms with E-state index < -0.39 is 0 Å². The summed E-state index contributed by atoms with van der Waals surface area (Å²) in [4.78, 5) is 20.3. The summed E-state index contributed by atoms with van der Waals surface area (Å²) in [5.74, 6) is 0.788. The van der Waals surface area contributed by atoms with Crippen molar-refractivity contribution in [2.75, 3.05) is 13.2 Å². The summed E-state index contributed by atoms with van der Waals surface area (Å²) in [7, 11) is 0. The van der Waals surface area contributed by atoms with Crippen LogP contribution < -0.4 is 10.1 Å². The van der Waals surface area contributed by atoms with Gasteiger partial charge in [0, 0.05) is 23.9 Å². The van der Waals surface area contributed by atoms with Crippen molar-refractivity contribution in [2.45, 2.75) is 27.2 Å². The number of amides is 1. The van der Waals surface area contributed by atoms with E-state index in [-0.39, 0.29) is 18.3 Å². The van der Waals surface area contributed by atoms with Gasteiger partial charge in [-0.2, -0.15) is 4.98 Å². The average Bonchev–Trinajstić information content (AvgIpc) is 2.53. The van der Waals surface area contributed by atoms with Gasteiger partial charge >= 0.3 is 0 Å². The zero-order valence-electron chi connectivity index (χ0n) is 14.2. The van der Waals surface area contributed by atoms with Gasteiger partial charge in [-0.3, -0.25) is 4.79 Å². The van der Waals surface area contributed by atoms with Crippen molar-refractivity contribution in [1.82, 2.24) is 15.3 Å². The SMILES string of the molecule is Cc1cc(OCC(=O)NCCC(C)C)nc(-c2ccc(F)cc2)n1. The van der Waals surface area contributed by atoms with E-state index in [9.17, 15) is 9.18 Å². The van der Waals surface area contributed by atoms with E-state index in [4.69, 9.17) is 4.74 Å². The van der Waals surface area contributed by atoms with Crippen molar-refractivity contribution < 1.29 is 13.9 Å². The number of nitrogens with one attached hydrogen (secondary N) is 1. The smallest absolute Gasteiger partial charge is 0.258 e. The number of hydrogen-bond donors (Lipinski definition) is 1. The highest BCUT2D eigenvalue weighted by atomic mass is 19.1. The third-order valence-corrected chi connectivity index (χ3v) is 3.33. The maximum absolute atomic E-state index is 13.0. The summed E-state index contributed by atoms with van der Waals surface area (Å²) >= 11 is 0. The number of hydrogen-bond acceptors (Lipinski definition) is 4. The molecule has 1 N–H and O–H groups in total. The van der Waals surface area contributed by atoms with Gasteiger partial charge in [0.15, 0.2) is 12.4 Å². The topological polar surface area (TPSA) is 64.1 Å². The number of benzene rings is 1. The highest BCUT2D eigenvalue weighted by Gasteiger charge is 2.08. The average molecular weight is 331 g/mol. The highest BCUT2D eigenvalue weighted by molar-refractivity contribution is 5.77. The number of nitrogens with zero attached hydrogens (tertiary/aromatic N) is 2. The minimum atomic E-state index is -0.319. The predicted octanol–water partition coefficient (Wildman–Crippen LogP) is 3.13. The van der Waals surface area contributed by atoms with E-state index in [0.29, 0.717) is 35.4 Å². The molecule has 1 heterocycles. The molecule has 0 aliphatic heterocycles. The van der Waals surface area contributed by atoms with Crippen LogP contribution in [-0.2, 0) is 4.79 Å². The van der Waals surface area contributed by atoms with E-state index in [1.165, 1.54) is 12.1 Å². The number of halogens is 1. The Morgan fingerprint density at radius 1 is 1.25 bits per heavy atom. The summed E-state index contributed by atoms with van der Waals surface area (Å²) in [5, 5.41) is 2.80. The third kappa shape index (κ3) is 5.61. The lowest BCUT2D eigenvalue weighted by molar-refractivity contribution is -0.123. The molecule has 24 heavy (non-hydrogen) atoms. The monoisotopic (exact) mass is 331 g/mol. The van der Waals surface area contributed by atoms with Crippen molar-refractivity contribution in [2.24, 2.45) is 5.92 Å². The molecular weight excluding hydrogens is 309 g/mol. The Morgan fingerprint density at radius 2 is 1.96 bits per heavy atom. The van der Waals surface area contributed by atoms with Crippen molar-refractivity contribution in [1.29, 1.82) is 0 Å². The lowest BCUT2D eigenvalue weighted by atomic mass is 10.1. The number of aryl methyl sites for hydroxylation is 1. The fraction of sp³-hybridized carbons (Fsp3) is 0.389. The molecule has 0 aliphatic rings. The molecule has 2 aromatic rings. The summed E-state index contributed by atoms with van der Waals surface area (Å²) in [6, 6.07) is 7.57. The zero-order chi connectivity index (χ0) is 17.5. The highest BCUT2D eigenvalue weighted by Crippen LogP contribution is 2.19. The molecule has 0 bridgehead atoms. The van der Waals surface area contributed by atoms with Crippen LogP contribution in [0.4, 0.5) is 4.39 Å². The normalized spacial score (nSPS) is 10.7. The van der Waals surface area contributed by atoms with E-state index in [0.717, 1.165) is 6.42 Å². The Morgan fingerprint density at radius 3 is 2.62 bits per heavy atom. The van der Waals surface area contributed by atoms with Gasteiger partial charge < -0.3 is 10.1 Å². The number of rotatable bonds is 7. The van der Waals surface area contributed by atoms with Crippen LogP contribution in [-0.4, -0.2) is 29.0 Å². The molecule has 0 fully saturated rings. The van der Waals surface area contributed by atoms with Crippen LogP contribution in [0.1, 0.15) is 26.0 Å². The molecule has 0 radical (unpaired) electrons. The van der Waals surface area contributed by atoms with Gasteiger partial charge in [-0.1, -0.05) is 13.8 Å². The van der Waals surface area contributed by atoms with E-state index in [1.54, 1.807) is 18.2 Å². The second-order valence-electron chi connectivity index (χ2n) is 6.00. The first-order valence-electron chi connectivity index (χ1n) is 7.95. The van der Waals surface area contributed by atoms with Crippen LogP contribution in [0.3, 0.4) is 0 Å². The van der Waals surface area contributed by atoms with Crippen LogP contribution in [0.2, 0.25) is 0 Å². The first-order chi connectivity index (χ1) is 11.4. The zero-order valence-corrected chi connectivity index (χ0v) is 14.2. The van der Waals surface area contributed by atoms with Crippen molar-refractivity contribution in [3.05, 3.63) is 41.8 Å². The van der Waals surface area contributed by atoms with Gasteiger partial charge in [0.1, 0.15) is 5.82 Å². The molecule has 0 saturated carbocycles. The molecular formula is C18H22FN3O2. The molecule has 128 valence electrons. The van der Waals surface area contributed by atoms with E-state index in [1.807, 2.05) is 6.92 Å². The maximum Gasteiger partial charge on any atom is 0.258 e. The van der Waals surface area contributed by atoms with Crippen molar-refractivity contribution in [3.63, 3.8) is 0 Å². The summed E-state index contributed by atoms with van der Waals surface area (Å²) in [6.07, 6.45) is 0.924. The lowest BCUT2D eigenvalue weighted by Gasteiger charge is -2.09. The molecule has 0 atom stereocenters. The number of carbonyl (C=O) groups is 1. The van der Waals surface area contributed by atoms with Crippen molar-refractivity contribution in [3.8, 4) is 17.3 Å². The Bertz CT molecular complexity index is 687. The van der Waals surface area contributed by atoms with Crippen molar-refractivity contribution >= 4 is 5.91 Å². The van der Waals surface area contributed by atoms with Crippen LogP contribution in [0.25, 0.3) is 11.4 Å². The van der Waals surface area contributed by atoms with Gasteiger partial charge in [-0.25, -0.2) is 9.37 Å². The van der Waals surface area contributed by atoms with Gasteiger partial charge in [-0.15, -0.1) is 0 Å². The quantitative estimate of drug-likeness (QED) is 0.846. The molecule has 5 nitrogen and oxygen atoms in total. The Labute approximate surface area is 141 Å². The van der Waals surface area contributed by atoms with Crippen LogP contribution in [0, 0.1) is 18.7 Å². The fourth-order valence-electron chi connectivity index (χ4n) is 2.03. The summed E-state index contributed by atoms with van der Waals surface area (Å²) in [6.45, 7) is 6.54. The summed E-state index contributed by atoms with van der Waals surface area (Å²) < 4.78 is 18.5. The van der Waals surface area contributed by atoms with Gasteiger partial charge in [0.25, 0.3) is 5.91 Å². The second-order valence-corrected chi connectivity index (χ2v) is 6.00. The second kappa shape index (κ2) is 8.38. The number of aromatic nitrogens is 2. The molecule has 0 unspecified atom stereocenters. The minimum absolute atomic E-state index is 0.0998. The summed E-state index contributed by atoms with van der Waals surface area (Å²) in [5.41, 5.74) is 1.39.